The lowest BCUT2D eigenvalue weighted by Crippen LogP contribution is -2.52. The highest BCUT2D eigenvalue weighted by molar-refractivity contribution is 7.92. The summed E-state index contributed by atoms with van der Waals surface area (Å²) in [5.74, 6) is -0.988. The molecule has 2 amide bonds. The molecule has 0 spiro atoms. The molecule has 0 aliphatic heterocycles. The van der Waals surface area contributed by atoms with Crippen LogP contribution in [0.3, 0.4) is 0 Å². The van der Waals surface area contributed by atoms with E-state index >= 15 is 0 Å². The van der Waals surface area contributed by atoms with E-state index in [9.17, 15) is 28.1 Å². The summed E-state index contributed by atoms with van der Waals surface area (Å²) < 4.78 is 34.7. The van der Waals surface area contributed by atoms with Gasteiger partial charge in [0.15, 0.2) is 0 Å². The summed E-state index contributed by atoms with van der Waals surface area (Å²) in [6.07, 6.45) is 0.674. The maximum absolute atomic E-state index is 14.2. The number of amides is 2. The normalized spacial score (nSPS) is 12.6. The van der Waals surface area contributed by atoms with Gasteiger partial charge in [0.1, 0.15) is 18.3 Å². The number of rotatable bonds is 13. The van der Waals surface area contributed by atoms with Crippen molar-refractivity contribution in [2.24, 2.45) is 0 Å². The van der Waals surface area contributed by atoms with Crippen LogP contribution >= 0.6 is 11.6 Å². The van der Waals surface area contributed by atoms with Crippen LogP contribution in [0, 0.1) is 24.0 Å². The Kier molecular flexibility index (Phi) is 11.3. The lowest BCUT2D eigenvalue weighted by Gasteiger charge is -2.33. The first kappa shape index (κ1) is 34.3. The molecule has 236 valence electrons. The van der Waals surface area contributed by atoms with Gasteiger partial charge in [0.2, 0.25) is 11.8 Å². The average Bonchev–Trinajstić information content (AvgIpc) is 2.98. The molecule has 44 heavy (non-hydrogen) atoms. The van der Waals surface area contributed by atoms with Gasteiger partial charge >= 0.3 is 0 Å². The highest BCUT2D eigenvalue weighted by atomic mass is 35.5. The number of aryl methyl sites for hydroxylation is 2. The number of nitro groups is 1. The van der Waals surface area contributed by atoms with Gasteiger partial charge in [-0.3, -0.25) is 24.0 Å². The molecule has 0 saturated carbocycles. The summed E-state index contributed by atoms with van der Waals surface area (Å²) in [5.41, 5.74) is 1.47. The first-order valence-corrected chi connectivity index (χ1v) is 15.8. The Labute approximate surface area is 263 Å². The summed E-state index contributed by atoms with van der Waals surface area (Å²) in [6.45, 7) is 7.98. The van der Waals surface area contributed by atoms with E-state index in [0.717, 1.165) is 21.5 Å². The van der Waals surface area contributed by atoms with Crippen molar-refractivity contribution < 1.29 is 27.7 Å². The van der Waals surface area contributed by atoms with Crippen molar-refractivity contribution in [1.82, 2.24) is 10.2 Å². The smallest absolute Gasteiger partial charge is 0.273 e. The minimum atomic E-state index is -4.61. The minimum absolute atomic E-state index is 0.0250. The van der Waals surface area contributed by atoms with E-state index in [1.165, 1.54) is 49.3 Å². The van der Waals surface area contributed by atoms with Crippen LogP contribution in [0.15, 0.2) is 65.6 Å². The number of hydrogen-bond acceptors (Lipinski definition) is 7. The number of anilines is 1. The average molecular weight is 645 g/mol. The van der Waals surface area contributed by atoms with Crippen LogP contribution in [0.5, 0.6) is 5.75 Å². The molecule has 2 unspecified atom stereocenters. The fraction of sp³-hybridized carbons (Fsp3) is 0.355. The van der Waals surface area contributed by atoms with Crippen LogP contribution in [0.25, 0.3) is 0 Å². The van der Waals surface area contributed by atoms with Crippen LogP contribution in [0.4, 0.5) is 11.4 Å². The second kappa shape index (κ2) is 14.5. The van der Waals surface area contributed by atoms with E-state index in [4.69, 9.17) is 16.3 Å². The minimum Gasteiger partial charge on any atom is -0.495 e. The number of nitrogens with zero attached hydrogens (tertiary/aromatic N) is 3. The van der Waals surface area contributed by atoms with Crippen LogP contribution in [-0.4, -0.2) is 55.8 Å². The third-order valence-corrected chi connectivity index (χ3v) is 9.41. The Hall–Kier alpha value is -4.16. The zero-order chi connectivity index (χ0) is 32.8. The number of sulfonamides is 1. The molecule has 3 aromatic rings. The van der Waals surface area contributed by atoms with E-state index in [0.29, 0.717) is 6.42 Å². The molecule has 0 heterocycles. The molecule has 0 aromatic heterocycles. The summed E-state index contributed by atoms with van der Waals surface area (Å²) in [6, 6.07) is 14.0. The molecule has 0 fully saturated rings. The van der Waals surface area contributed by atoms with Crippen LogP contribution in [-0.2, 0) is 26.2 Å². The SMILES string of the molecule is CCC(C)NC(=O)C(C)N(Cc1ccccc1C)C(=O)CN(c1cc(Cl)ccc1OC)S(=O)(=O)c1ccc(C)c([N+](=O)[O-])c1. The number of hydrogen-bond donors (Lipinski definition) is 1. The number of carbonyl (C=O) groups excluding carboxylic acids is 2. The number of benzene rings is 3. The zero-order valence-electron chi connectivity index (χ0n) is 25.5. The first-order valence-electron chi connectivity index (χ1n) is 14.0. The quantitative estimate of drug-likeness (QED) is 0.194. The highest BCUT2D eigenvalue weighted by Crippen LogP contribution is 2.36. The number of carbonyl (C=O) groups is 2. The van der Waals surface area contributed by atoms with E-state index in [1.54, 1.807) is 6.92 Å². The molecule has 0 bridgehead atoms. The van der Waals surface area contributed by atoms with Gasteiger partial charge in [-0.2, -0.15) is 0 Å². The van der Waals surface area contributed by atoms with Crippen molar-refractivity contribution in [1.29, 1.82) is 0 Å². The number of ether oxygens (including phenoxy) is 1. The van der Waals surface area contributed by atoms with Gasteiger partial charge in [-0.15, -0.1) is 0 Å². The molecule has 2 atom stereocenters. The molecule has 0 radical (unpaired) electrons. The molecule has 0 aliphatic rings. The molecule has 1 N–H and O–H groups in total. The van der Waals surface area contributed by atoms with E-state index in [2.05, 4.69) is 5.32 Å². The van der Waals surface area contributed by atoms with Crippen molar-refractivity contribution in [2.45, 2.75) is 64.6 Å². The Bertz CT molecular complexity index is 1650. The lowest BCUT2D eigenvalue weighted by atomic mass is 10.1. The molecular weight excluding hydrogens is 608 g/mol. The zero-order valence-corrected chi connectivity index (χ0v) is 27.1. The van der Waals surface area contributed by atoms with Gasteiger partial charge in [-0.25, -0.2) is 8.42 Å². The fourth-order valence-electron chi connectivity index (χ4n) is 4.46. The highest BCUT2D eigenvalue weighted by Gasteiger charge is 2.35. The molecule has 11 nitrogen and oxygen atoms in total. The Morgan fingerprint density at radius 1 is 1.05 bits per heavy atom. The van der Waals surface area contributed by atoms with Crippen LogP contribution in [0.1, 0.15) is 43.9 Å². The van der Waals surface area contributed by atoms with Crippen LogP contribution < -0.4 is 14.4 Å². The number of methoxy groups -OCH3 is 1. The Morgan fingerprint density at radius 3 is 2.34 bits per heavy atom. The first-order chi connectivity index (χ1) is 20.7. The molecule has 0 saturated heterocycles. The van der Waals surface area contributed by atoms with Crippen molar-refractivity contribution >= 4 is 44.8 Å². The third-order valence-electron chi connectivity index (χ3n) is 7.42. The molecule has 3 aromatic carbocycles. The van der Waals surface area contributed by atoms with Gasteiger partial charge < -0.3 is 15.0 Å². The molecule has 3 rings (SSSR count). The van der Waals surface area contributed by atoms with Crippen molar-refractivity contribution in [2.75, 3.05) is 18.0 Å². The Morgan fingerprint density at radius 2 is 1.73 bits per heavy atom. The van der Waals surface area contributed by atoms with E-state index in [-0.39, 0.29) is 34.6 Å². The second-order valence-corrected chi connectivity index (χ2v) is 12.8. The third kappa shape index (κ3) is 7.86. The number of nitrogens with one attached hydrogen (secondary N) is 1. The van der Waals surface area contributed by atoms with Crippen molar-refractivity contribution in [3.63, 3.8) is 0 Å². The number of halogens is 1. The maximum Gasteiger partial charge on any atom is 0.273 e. The monoisotopic (exact) mass is 644 g/mol. The van der Waals surface area contributed by atoms with E-state index in [1.807, 2.05) is 45.0 Å². The van der Waals surface area contributed by atoms with Crippen molar-refractivity contribution in [3.05, 3.63) is 92.5 Å². The topological polar surface area (TPSA) is 139 Å². The fourth-order valence-corrected chi connectivity index (χ4v) is 6.07. The largest absolute Gasteiger partial charge is 0.495 e. The van der Waals surface area contributed by atoms with Gasteiger partial charge in [0, 0.05) is 29.2 Å². The summed E-state index contributed by atoms with van der Waals surface area (Å²) in [4.78, 5) is 39.3. The van der Waals surface area contributed by atoms with Gasteiger partial charge in [0.25, 0.3) is 15.7 Å². The second-order valence-electron chi connectivity index (χ2n) is 10.5. The molecule has 0 aliphatic carbocycles. The predicted molar refractivity (Wildman–Crippen MR) is 169 cm³/mol. The van der Waals surface area contributed by atoms with E-state index < -0.39 is 49.9 Å². The molecule has 13 heteroatoms. The standard InChI is InChI=1S/C31H37ClN4O7S/c1-7-22(4)33-31(38)23(5)34(18-24-11-9-8-10-20(24)2)30(37)19-35(28-16-25(32)13-15-29(28)43-6)44(41,42)26-14-12-21(3)27(17-26)36(39)40/h8-17,22-23H,7,18-19H2,1-6H3,(H,33,38). The lowest BCUT2D eigenvalue weighted by molar-refractivity contribution is -0.385. The predicted octanol–water partition coefficient (Wildman–Crippen LogP) is 5.40. The summed E-state index contributed by atoms with van der Waals surface area (Å²) >= 11 is 6.26. The van der Waals surface area contributed by atoms with Gasteiger partial charge in [-0.05, 0) is 69.5 Å². The maximum atomic E-state index is 14.2. The Balaban J connectivity index is 2.17. The van der Waals surface area contributed by atoms with Crippen molar-refractivity contribution in [3.8, 4) is 5.75 Å². The van der Waals surface area contributed by atoms with Crippen LogP contribution in [0.2, 0.25) is 5.02 Å². The van der Waals surface area contributed by atoms with Gasteiger partial charge in [-0.1, -0.05) is 48.9 Å². The number of nitro benzene ring substituents is 1. The van der Waals surface area contributed by atoms with Gasteiger partial charge in [0.05, 0.1) is 22.6 Å². The summed E-state index contributed by atoms with van der Waals surface area (Å²) in [7, 11) is -3.28. The molecular formula is C31H37ClN4O7S. The summed E-state index contributed by atoms with van der Waals surface area (Å²) in [5, 5.41) is 14.7.